The van der Waals surface area contributed by atoms with Gasteiger partial charge in [0, 0.05) is 12.6 Å². The maximum atomic E-state index is 14.1. The van der Waals surface area contributed by atoms with Crippen molar-refractivity contribution in [2.75, 3.05) is 5.32 Å². The Hall–Kier alpha value is -2.02. The van der Waals surface area contributed by atoms with Gasteiger partial charge in [0.25, 0.3) is 0 Å². The topological polar surface area (TPSA) is 91.3 Å². The second kappa shape index (κ2) is 8.61. The summed E-state index contributed by atoms with van der Waals surface area (Å²) in [7, 11) is 0. The molecule has 2 unspecified atom stereocenters. The van der Waals surface area contributed by atoms with E-state index in [9.17, 15) is 14.0 Å². The molecule has 0 aliphatic heterocycles. The highest BCUT2D eigenvalue weighted by Crippen LogP contribution is 2.65. The average Bonchev–Trinajstić information content (AvgIpc) is 3.11. The molecule has 1 heterocycles. The lowest BCUT2D eigenvalue weighted by atomic mass is 9.72. The van der Waals surface area contributed by atoms with E-state index < -0.39 is 17.1 Å². The van der Waals surface area contributed by atoms with Crippen molar-refractivity contribution in [2.24, 2.45) is 22.7 Å². The second-order valence-electron chi connectivity index (χ2n) is 9.94. The Kier molecular flexibility index (Phi) is 6.09. The molecule has 2 amide bonds. The van der Waals surface area contributed by atoms with Gasteiger partial charge < -0.3 is 5.32 Å². The molecule has 0 aromatic carbocycles. The SMILES string of the molecule is O=C(CC(CC1CCCC1)CC1(C(=O)Nc2ncccc2F)CCC2(CC2)C1)NO. The largest absolute Gasteiger partial charge is 0.308 e. The van der Waals surface area contributed by atoms with Crippen molar-refractivity contribution in [3.8, 4) is 0 Å². The molecule has 30 heavy (non-hydrogen) atoms. The summed E-state index contributed by atoms with van der Waals surface area (Å²) in [5.74, 6) is -0.547. The van der Waals surface area contributed by atoms with Crippen LogP contribution in [0.3, 0.4) is 0 Å². The number of rotatable bonds is 8. The Morgan fingerprint density at radius 3 is 2.60 bits per heavy atom. The Morgan fingerprint density at radius 1 is 1.23 bits per heavy atom. The van der Waals surface area contributed by atoms with E-state index in [1.54, 1.807) is 5.48 Å². The number of hydroxylamine groups is 1. The van der Waals surface area contributed by atoms with Gasteiger partial charge >= 0.3 is 0 Å². The number of carbonyl (C=O) groups is 2. The zero-order valence-corrected chi connectivity index (χ0v) is 17.5. The van der Waals surface area contributed by atoms with E-state index in [1.807, 2.05) is 0 Å². The summed E-state index contributed by atoms with van der Waals surface area (Å²) >= 11 is 0. The van der Waals surface area contributed by atoms with E-state index >= 15 is 0 Å². The molecule has 0 radical (unpaired) electrons. The molecular formula is C23H32FN3O3. The minimum atomic E-state index is -0.612. The molecule has 1 aromatic heterocycles. The molecule has 7 heteroatoms. The van der Waals surface area contributed by atoms with E-state index in [2.05, 4.69) is 10.3 Å². The lowest BCUT2D eigenvalue weighted by Crippen LogP contribution is -2.38. The zero-order valence-electron chi connectivity index (χ0n) is 17.5. The minimum Gasteiger partial charge on any atom is -0.308 e. The number of aromatic nitrogens is 1. The van der Waals surface area contributed by atoms with Gasteiger partial charge in [-0.2, -0.15) is 0 Å². The first-order chi connectivity index (χ1) is 14.4. The van der Waals surface area contributed by atoms with Crippen LogP contribution in [0, 0.1) is 28.5 Å². The van der Waals surface area contributed by atoms with E-state index in [4.69, 9.17) is 5.21 Å². The molecule has 6 nitrogen and oxygen atoms in total. The van der Waals surface area contributed by atoms with Crippen molar-refractivity contribution < 1.29 is 19.2 Å². The van der Waals surface area contributed by atoms with Gasteiger partial charge in [0.05, 0.1) is 5.41 Å². The highest BCUT2D eigenvalue weighted by molar-refractivity contribution is 5.95. The fraction of sp³-hybridized carbons (Fsp3) is 0.696. The van der Waals surface area contributed by atoms with Gasteiger partial charge in [-0.1, -0.05) is 25.7 Å². The number of amides is 2. The number of anilines is 1. The molecule has 2 atom stereocenters. The Morgan fingerprint density at radius 2 is 1.97 bits per heavy atom. The Balaban J connectivity index is 1.54. The first-order valence-corrected chi connectivity index (χ1v) is 11.3. The van der Waals surface area contributed by atoms with Crippen LogP contribution >= 0.6 is 0 Å². The fourth-order valence-electron chi connectivity index (χ4n) is 6.00. The molecule has 164 valence electrons. The standard InChI is InChI=1S/C23H32FN3O3/c24-18-6-3-11-25-20(18)26-21(29)23(10-9-22(15-23)7-8-22)14-17(13-19(28)27-30)12-16-4-1-2-5-16/h3,6,11,16-17,30H,1-2,4-5,7-10,12-15H2,(H,27,28)(H,25,26,29). The lowest BCUT2D eigenvalue weighted by Gasteiger charge is -2.33. The Bertz CT molecular complexity index is 792. The van der Waals surface area contributed by atoms with Crippen LogP contribution in [-0.4, -0.2) is 22.0 Å². The summed E-state index contributed by atoms with van der Waals surface area (Å²) in [6.45, 7) is 0. The van der Waals surface area contributed by atoms with Gasteiger partial charge in [-0.25, -0.2) is 14.9 Å². The number of nitrogens with one attached hydrogen (secondary N) is 2. The summed E-state index contributed by atoms with van der Waals surface area (Å²) in [6.07, 6.45) is 12.8. The van der Waals surface area contributed by atoms with E-state index in [1.165, 1.54) is 44.0 Å². The minimum absolute atomic E-state index is 0.0217. The third-order valence-electron chi connectivity index (χ3n) is 7.70. The second-order valence-corrected chi connectivity index (χ2v) is 9.94. The summed E-state index contributed by atoms with van der Waals surface area (Å²) in [5.41, 5.74) is 1.40. The van der Waals surface area contributed by atoms with Gasteiger partial charge in [0.15, 0.2) is 11.6 Å². The predicted octanol–water partition coefficient (Wildman–Crippen LogP) is 4.59. The van der Waals surface area contributed by atoms with Gasteiger partial charge in [0.2, 0.25) is 11.8 Å². The number of carbonyl (C=O) groups excluding carboxylic acids is 2. The van der Waals surface area contributed by atoms with Crippen LogP contribution in [0.5, 0.6) is 0 Å². The molecule has 3 aliphatic carbocycles. The van der Waals surface area contributed by atoms with Gasteiger partial charge in [-0.05, 0) is 74.3 Å². The quantitative estimate of drug-likeness (QED) is 0.426. The number of halogens is 1. The van der Waals surface area contributed by atoms with Gasteiger partial charge in [-0.15, -0.1) is 0 Å². The van der Waals surface area contributed by atoms with Gasteiger partial charge in [0.1, 0.15) is 0 Å². The molecule has 3 fully saturated rings. The van der Waals surface area contributed by atoms with Crippen molar-refractivity contribution >= 4 is 17.6 Å². The van der Waals surface area contributed by atoms with Crippen LogP contribution in [0.15, 0.2) is 18.3 Å². The maximum absolute atomic E-state index is 14.1. The predicted molar refractivity (Wildman–Crippen MR) is 110 cm³/mol. The van der Waals surface area contributed by atoms with Crippen LogP contribution < -0.4 is 10.8 Å². The van der Waals surface area contributed by atoms with E-state index in [0.717, 1.165) is 38.5 Å². The summed E-state index contributed by atoms with van der Waals surface area (Å²) in [4.78, 5) is 29.5. The van der Waals surface area contributed by atoms with Crippen LogP contribution in [0.25, 0.3) is 0 Å². The monoisotopic (exact) mass is 417 g/mol. The summed E-state index contributed by atoms with van der Waals surface area (Å²) < 4.78 is 14.1. The lowest BCUT2D eigenvalue weighted by molar-refractivity contribution is -0.132. The van der Waals surface area contributed by atoms with E-state index in [0.29, 0.717) is 12.3 Å². The van der Waals surface area contributed by atoms with Crippen LogP contribution in [-0.2, 0) is 9.59 Å². The molecule has 0 saturated heterocycles. The third kappa shape index (κ3) is 4.66. The molecule has 3 N–H and O–H groups in total. The smallest absolute Gasteiger partial charge is 0.243 e. The molecule has 3 saturated carbocycles. The average molecular weight is 418 g/mol. The molecule has 0 bridgehead atoms. The molecule has 1 spiro atoms. The first kappa shape index (κ1) is 21.2. The third-order valence-corrected chi connectivity index (χ3v) is 7.70. The summed E-state index contributed by atoms with van der Waals surface area (Å²) in [6, 6.07) is 2.79. The fourth-order valence-corrected chi connectivity index (χ4v) is 6.00. The maximum Gasteiger partial charge on any atom is 0.243 e. The normalized spacial score (nSPS) is 25.9. The number of nitrogens with zero attached hydrogens (tertiary/aromatic N) is 1. The van der Waals surface area contributed by atoms with Crippen LogP contribution in [0.1, 0.15) is 77.0 Å². The van der Waals surface area contributed by atoms with Crippen molar-refractivity contribution in [2.45, 2.75) is 77.0 Å². The van der Waals surface area contributed by atoms with E-state index in [-0.39, 0.29) is 29.5 Å². The molecule has 4 rings (SSSR count). The Labute approximate surface area is 177 Å². The summed E-state index contributed by atoms with van der Waals surface area (Å²) in [5, 5.41) is 11.8. The van der Waals surface area contributed by atoms with Crippen LogP contribution in [0.2, 0.25) is 0 Å². The zero-order chi connectivity index (χ0) is 21.2. The van der Waals surface area contributed by atoms with Crippen molar-refractivity contribution in [1.82, 2.24) is 10.5 Å². The number of hydrogen-bond donors (Lipinski definition) is 3. The number of pyridine rings is 1. The van der Waals surface area contributed by atoms with Crippen molar-refractivity contribution in [3.05, 3.63) is 24.1 Å². The number of hydrogen-bond acceptors (Lipinski definition) is 4. The highest BCUT2D eigenvalue weighted by Gasteiger charge is 2.58. The molecule has 1 aromatic rings. The van der Waals surface area contributed by atoms with Crippen molar-refractivity contribution in [3.63, 3.8) is 0 Å². The molecular weight excluding hydrogens is 385 g/mol. The highest BCUT2D eigenvalue weighted by atomic mass is 19.1. The van der Waals surface area contributed by atoms with Crippen LogP contribution in [0.4, 0.5) is 10.2 Å². The van der Waals surface area contributed by atoms with Crippen molar-refractivity contribution in [1.29, 1.82) is 0 Å². The first-order valence-electron chi connectivity index (χ1n) is 11.3. The van der Waals surface area contributed by atoms with Gasteiger partial charge in [-0.3, -0.25) is 14.8 Å². The molecule has 3 aliphatic rings.